The van der Waals surface area contributed by atoms with Crippen LogP contribution in [0.3, 0.4) is 0 Å². The van der Waals surface area contributed by atoms with Gasteiger partial charge in [0.25, 0.3) is 0 Å². The van der Waals surface area contributed by atoms with Gasteiger partial charge in [-0.15, -0.1) is 0 Å². The predicted octanol–water partition coefficient (Wildman–Crippen LogP) is 3.52. The summed E-state index contributed by atoms with van der Waals surface area (Å²) in [4.78, 5) is 0. The molecule has 2 aromatic carbocycles. The second kappa shape index (κ2) is 8.61. The third-order valence-corrected chi connectivity index (χ3v) is 6.56. The Morgan fingerprint density at radius 3 is 2.48 bits per heavy atom. The average molecular weight is 410 g/mol. The van der Waals surface area contributed by atoms with Crippen LogP contribution in [0, 0.1) is 0 Å². The van der Waals surface area contributed by atoms with Crippen LogP contribution in [0.4, 0.5) is 0 Å². The molecule has 0 aliphatic carbocycles. The van der Waals surface area contributed by atoms with E-state index in [1.54, 1.807) is 31.4 Å². The molecule has 2 aromatic rings. The molecule has 0 unspecified atom stereocenters. The molecule has 1 aliphatic rings. The van der Waals surface area contributed by atoms with Crippen molar-refractivity contribution < 1.29 is 17.9 Å². The molecule has 1 aliphatic heterocycles. The first-order valence-corrected chi connectivity index (χ1v) is 10.9. The average Bonchev–Trinajstić information content (AvgIpc) is 2.67. The Bertz CT molecular complexity index is 862. The van der Waals surface area contributed by atoms with E-state index in [4.69, 9.17) is 21.1 Å². The number of sulfonamides is 1. The zero-order valence-corrected chi connectivity index (χ0v) is 16.9. The van der Waals surface area contributed by atoms with Crippen LogP contribution < -0.4 is 9.46 Å². The minimum Gasteiger partial charge on any atom is -0.497 e. The molecule has 1 saturated heterocycles. The molecule has 0 bridgehead atoms. The lowest BCUT2D eigenvalue weighted by Gasteiger charge is -2.38. The Kier molecular flexibility index (Phi) is 6.42. The second-order valence-corrected chi connectivity index (χ2v) is 9.07. The largest absolute Gasteiger partial charge is 0.497 e. The van der Waals surface area contributed by atoms with E-state index in [1.165, 1.54) is 0 Å². The quantitative estimate of drug-likeness (QED) is 0.759. The Balaban J connectivity index is 1.76. The monoisotopic (exact) mass is 409 g/mol. The molecule has 0 amide bonds. The number of hydrogen-bond donors (Lipinski definition) is 1. The van der Waals surface area contributed by atoms with Crippen molar-refractivity contribution in [2.24, 2.45) is 0 Å². The predicted molar refractivity (Wildman–Crippen MR) is 107 cm³/mol. The lowest BCUT2D eigenvalue weighted by Crippen LogP contribution is -2.44. The third kappa shape index (κ3) is 5.23. The van der Waals surface area contributed by atoms with E-state index in [1.807, 2.05) is 24.3 Å². The highest BCUT2D eigenvalue weighted by Crippen LogP contribution is 2.35. The number of methoxy groups -OCH3 is 1. The van der Waals surface area contributed by atoms with Crippen LogP contribution >= 0.6 is 11.6 Å². The number of nitrogens with one attached hydrogen (secondary N) is 1. The summed E-state index contributed by atoms with van der Waals surface area (Å²) >= 11 is 5.96. The van der Waals surface area contributed by atoms with Crippen molar-refractivity contribution in [3.05, 3.63) is 64.7 Å². The first-order valence-electron chi connectivity index (χ1n) is 8.87. The maximum absolute atomic E-state index is 12.6. The van der Waals surface area contributed by atoms with E-state index in [2.05, 4.69) is 4.72 Å². The zero-order chi connectivity index (χ0) is 19.3. The second-order valence-electron chi connectivity index (χ2n) is 6.83. The molecule has 3 rings (SSSR count). The maximum atomic E-state index is 12.6. The number of rotatable bonds is 7. The summed E-state index contributed by atoms with van der Waals surface area (Å²) in [6.45, 7) is 1.57. The Morgan fingerprint density at radius 2 is 1.85 bits per heavy atom. The van der Waals surface area contributed by atoms with Gasteiger partial charge in [-0.25, -0.2) is 13.1 Å². The third-order valence-electron chi connectivity index (χ3n) is 5.03. The van der Waals surface area contributed by atoms with Crippen LogP contribution in [0.15, 0.2) is 48.5 Å². The number of ether oxygens (including phenoxy) is 2. The molecule has 1 N–H and O–H groups in total. The van der Waals surface area contributed by atoms with Crippen molar-refractivity contribution in [1.29, 1.82) is 0 Å². The van der Waals surface area contributed by atoms with E-state index in [0.29, 0.717) is 30.3 Å². The minimum absolute atomic E-state index is 0.0945. The van der Waals surface area contributed by atoms with E-state index in [0.717, 1.165) is 24.2 Å². The fourth-order valence-corrected chi connectivity index (χ4v) is 4.85. The van der Waals surface area contributed by atoms with E-state index in [9.17, 15) is 8.42 Å². The first-order chi connectivity index (χ1) is 12.9. The van der Waals surface area contributed by atoms with Gasteiger partial charge in [0, 0.05) is 30.2 Å². The highest BCUT2D eigenvalue weighted by Gasteiger charge is 2.35. The molecule has 146 valence electrons. The summed E-state index contributed by atoms with van der Waals surface area (Å²) in [6, 6.07) is 14.8. The van der Waals surface area contributed by atoms with Crippen LogP contribution in [0.25, 0.3) is 0 Å². The van der Waals surface area contributed by atoms with Crippen LogP contribution in [-0.2, 0) is 25.9 Å². The summed E-state index contributed by atoms with van der Waals surface area (Å²) in [7, 11) is -1.86. The standard InChI is InChI=1S/C20H24ClNO4S/c1-25-19-7-5-17(6-8-19)20(9-11-26-12-10-20)15-22-27(23,24)14-16-3-2-4-18(21)13-16/h2-8,13,22H,9-12,14-15H2,1H3. The topological polar surface area (TPSA) is 64.6 Å². The van der Waals surface area contributed by atoms with Crippen molar-refractivity contribution in [3.8, 4) is 5.75 Å². The van der Waals surface area contributed by atoms with Crippen LogP contribution in [-0.4, -0.2) is 35.3 Å². The molecule has 27 heavy (non-hydrogen) atoms. The molecular formula is C20H24ClNO4S. The van der Waals surface area contributed by atoms with E-state index < -0.39 is 10.0 Å². The summed E-state index contributed by atoms with van der Waals surface area (Å²) < 4.78 is 38.8. The van der Waals surface area contributed by atoms with Crippen molar-refractivity contribution >= 4 is 21.6 Å². The van der Waals surface area contributed by atoms with Crippen molar-refractivity contribution in [2.45, 2.75) is 24.0 Å². The SMILES string of the molecule is COc1ccc(C2(CNS(=O)(=O)Cc3cccc(Cl)c3)CCOCC2)cc1. The molecule has 0 aromatic heterocycles. The zero-order valence-electron chi connectivity index (χ0n) is 15.3. The lowest BCUT2D eigenvalue weighted by atomic mass is 9.74. The Hall–Kier alpha value is -1.60. The van der Waals surface area contributed by atoms with Gasteiger partial charge in [0.2, 0.25) is 10.0 Å². The minimum atomic E-state index is -3.48. The number of benzene rings is 2. The smallest absolute Gasteiger partial charge is 0.215 e. The molecule has 1 heterocycles. The first kappa shape index (κ1) is 20.1. The van der Waals surface area contributed by atoms with E-state index in [-0.39, 0.29) is 11.2 Å². The highest BCUT2D eigenvalue weighted by atomic mass is 35.5. The molecule has 7 heteroatoms. The fraction of sp³-hybridized carbons (Fsp3) is 0.400. The Labute approximate surface area is 165 Å². The number of hydrogen-bond acceptors (Lipinski definition) is 4. The van der Waals surface area contributed by atoms with E-state index >= 15 is 0 Å². The maximum Gasteiger partial charge on any atom is 0.215 e. The van der Waals surface area contributed by atoms with Gasteiger partial charge in [-0.3, -0.25) is 0 Å². The molecule has 1 fully saturated rings. The molecule has 5 nitrogen and oxygen atoms in total. The summed E-state index contributed by atoms with van der Waals surface area (Å²) in [5.41, 5.74) is 1.48. The van der Waals surface area contributed by atoms with Gasteiger partial charge in [0.05, 0.1) is 12.9 Å². The summed E-state index contributed by atoms with van der Waals surface area (Å²) in [5, 5.41) is 0.529. The molecular weight excluding hydrogens is 386 g/mol. The van der Waals surface area contributed by atoms with Gasteiger partial charge in [0.15, 0.2) is 0 Å². The summed E-state index contributed by atoms with van der Waals surface area (Å²) in [6.07, 6.45) is 1.53. The molecule has 0 spiro atoms. The van der Waals surface area contributed by atoms with Gasteiger partial charge >= 0.3 is 0 Å². The van der Waals surface area contributed by atoms with Gasteiger partial charge in [-0.2, -0.15) is 0 Å². The van der Waals surface area contributed by atoms with Crippen LogP contribution in [0.5, 0.6) is 5.75 Å². The molecule has 0 saturated carbocycles. The van der Waals surface area contributed by atoms with Gasteiger partial charge in [-0.1, -0.05) is 35.9 Å². The highest BCUT2D eigenvalue weighted by molar-refractivity contribution is 7.88. The fourth-order valence-electron chi connectivity index (χ4n) is 3.42. The Morgan fingerprint density at radius 1 is 1.15 bits per heavy atom. The van der Waals surface area contributed by atoms with Gasteiger partial charge in [-0.05, 0) is 48.2 Å². The van der Waals surface area contributed by atoms with Gasteiger partial charge in [0.1, 0.15) is 5.75 Å². The van der Waals surface area contributed by atoms with Crippen LogP contribution in [0.1, 0.15) is 24.0 Å². The van der Waals surface area contributed by atoms with Crippen molar-refractivity contribution in [3.63, 3.8) is 0 Å². The van der Waals surface area contributed by atoms with Crippen LogP contribution in [0.2, 0.25) is 5.02 Å². The molecule has 0 atom stereocenters. The lowest BCUT2D eigenvalue weighted by molar-refractivity contribution is 0.0517. The molecule has 0 radical (unpaired) electrons. The van der Waals surface area contributed by atoms with Gasteiger partial charge < -0.3 is 9.47 Å². The van der Waals surface area contributed by atoms with Crippen molar-refractivity contribution in [1.82, 2.24) is 4.72 Å². The normalized spacial score (nSPS) is 16.8. The van der Waals surface area contributed by atoms with Crippen molar-refractivity contribution in [2.75, 3.05) is 26.9 Å². The summed E-state index contributed by atoms with van der Waals surface area (Å²) in [5.74, 6) is 0.686. The number of halogens is 1.